The van der Waals surface area contributed by atoms with E-state index in [9.17, 15) is 9.50 Å². The second-order valence-corrected chi connectivity index (χ2v) is 2.83. The minimum atomic E-state index is -1.00. The van der Waals surface area contributed by atoms with E-state index in [1.807, 2.05) is 0 Å². The summed E-state index contributed by atoms with van der Waals surface area (Å²) in [6, 6.07) is 4.39. The third-order valence-corrected chi connectivity index (χ3v) is 1.89. The van der Waals surface area contributed by atoms with Crippen LogP contribution in [-0.2, 0) is 4.74 Å². The van der Waals surface area contributed by atoms with Crippen LogP contribution in [0.3, 0.4) is 0 Å². The molecule has 1 rings (SSSR count). The van der Waals surface area contributed by atoms with Gasteiger partial charge in [-0.2, -0.15) is 0 Å². The van der Waals surface area contributed by atoms with Crippen molar-refractivity contribution in [2.24, 2.45) is 0 Å². The van der Waals surface area contributed by atoms with Crippen molar-refractivity contribution in [3.63, 3.8) is 0 Å². The lowest BCUT2D eigenvalue weighted by Crippen LogP contribution is -2.09. The highest BCUT2D eigenvalue weighted by molar-refractivity contribution is 5.36. The Morgan fingerprint density at radius 2 is 2.14 bits per heavy atom. The fourth-order valence-corrected chi connectivity index (χ4v) is 1.26. The van der Waals surface area contributed by atoms with E-state index in [2.05, 4.69) is 0 Å². The van der Waals surface area contributed by atoms with Crippen LogP contribution in [-0.4, -0.2) is 25.9 Å². The molecule has 4 heteroatoms. The van der Waals surface area contributed by atoms with Gasteiger partial charge in [0.1, 0.15) is 17.7 Å². The maximum atomic E-state index is 13.3. The average molecular weight is 200 g/mol. The molecular formula is C10H13FO3. The van der Waals surface area contributed by atoms with Gasteiger partial charge in [0.2, 0.25) is 0 Å². The van der Waals surface area contributed by atoms with Crippen molar-refractivity contribution < 1.29 is 19.0 Å². The number of benzene rings is 1. The summed E-state index contributed by atoms with van der Waals surface area (Å²) in [5.41, 5.74) is 0.136. The Labute approximate surface area is 82.1 Å². The van der Waals surface area contributed by atoms with Gasteiger partial charge in [-0.15, -0.1) is 0 Å². The van der Waals surface area contributed by atoms with Gasteiger partial charge in [-0.1, -0.05) is 6.07 Å². The summed E-state index contributed by atoms with van der Waals surface area (Å²) in [6.07, 6.45) is -1.00. The van der Waals surface area contributed by atoms with Crippen LogP contribution in [0.2, 0.25) is 0 Å². The Kier molecular flexibility index (Phi) is 3.85. The van der Waals surface area contributed by atoms with E-state index in [4.69, 9.17) is 9.47 Å². The van der Waals surface area contributed by atoms with Crippen LogP contribution in [0.5, 0.6) is 5.75 Å². The maximum Gasteiger partial charge on any atom is 0.132 e. The summed E-state index contributed by atoms with van der Waals surface area (Å²) in [7, 11) is 2.87. The fraction of sp³-hybridized carbons (Fsp3) is 0.400. The Bertz CT molecular complexity index is 301. The minimum absolute atomic E-state index is 0.0390. The molecule has 78 valence electrons. The smallest absolute Gasteiger partial charge is 0.132 e. The number of rotatable bonds is 4. The first kappa shape index (κ1) is 10.9. The van der Waals surface area contributed by atoms with E-state index < -0.39 is 11.9 Å². The summed E-state index contributed by atoms with van der Waals surface area (Å²) in [5.74, 6) is -0.163. The van der Waals surface area contributed by atoms with Crippen molar-refractivity contribution in [3.05, 3.63) is 29.6 Å². The molecule has 0 bridgehead atoms. The topological polar surface area (TPSA) is 38.7 Å². The van der Waals surface area contributed by atoms with Crippen molar-refractivity contribution in [2.45, 2.75) is 6.10 Å². The molecule has 0 radical (unpaired) electrons. The normalized spacial score (nSPS) is 12.6. The molecule has 1 atom stereocenters. The summed E-state index contributed by atoms with van der Waals surface area (Å²) >= 11 is 0. The van der Waals surface area contributed by atoms with E-state index in [-0.39, 0.29) is 12.2 Å². The molecule has 0 aliphatic rings. The Morgan fingerprint density at radius 1 is 1.43 bits per heavy atom. The van der Waals surface area contributed by atoms with E-state index >= 15 is 0 Å². The Balaban J connectivity index is 3.03. The highest BCUT2D eigenvalue weighted by atomic mass is 19.1. The van der Waals surface area contributed by atoms with Gasteiger partial charge in [-0.3, -0.25) is 0 Å². The lowest BCUT2D eigenvalue weighted by atomic mass is 10.1. The van der Waals surface area contributed by atoms with Crippen molar-refractivity contribution in [2.75, 3.05) is 20.8 Å². The van der Waals surface area contributed by atoms with Gasteiger partial charge < -0.3 is 14.6 Å². The molecule has 0 saturated heterocycles. The molecule has 0 heterocycles. The van der Waals surface area contributed by atoms with Gasteiger partial charge in [0.25, 0.3) is 0 Å². The van der Waals surface area contributed by atoms with Gasteiger partial charge in [-0.25, -0.2) is 4.39 Å². The molecule has 0 aliphatic carbocycles. The predicted octanol–water partition coefficient (Wildman–Crippen LogP) is 1.51. The summed E-state index contributed by atoms with van der Waals surface area (Å²) in [4.78, 5) is 0. The Hall–Kier alpha value is -1.13. The predicted molar refractivity (Wildman–Crippen MR) is 49.8 cm³/mol. The molecule has 1 unspecified atom stereocenters. The largest absolute Gasteiger partial charge is 0.496 e. The molecule has 0 aromatic heterocycles. The molecular weight excluding hydrogens is 187 g/mol. The minimum Gasteiger partial charge on any atom is -0.496 e. The van der Waals surface area contributed by atoms with Crippen LogP contribution < -0.4 is 4.74 Å². The molecule has 1 aromatic carbocycles. The molecule has 0 aliphatic heterocycles. The SMILES string of the molecule is COCC(O)c1c(F)cccc1OC. The number of aliphatic hydroxyl groups excluding tert-OH is 1. The first-order chi connectivity index (χ1) is 6.70. The molecule has 1 N–H and O–H groups in total. The van der Waals surface area contributed by atoms with E-state index in [0.717, 1.165) is 0 Å². The summed E-state index contributed by atoms with van der Waals surface area (Å²) < 4.78 is 23.0. The van der Waals surface area contributed by atoms with Crippen LogP contribution in [0.1, 0.15) is 11.7 Å². The van der Waals surface area contributed by atoms with Gasteiger partial charge in [0, 0.05) is 7.11 Å². The number of aliphatic hydroxyl groups is 1. The third-order valence-electron chi connectivity index (χ3n) is 1.89. The third kappa shape index (κ3) is 2.21. The highest BCUT2D eigenvalue weighted by Gasteiger charge is 2.17. The molecule has 14 heavy (non-hydrogen) atoms. The molecule has 1 aromatic rings. The highest BCUT2D eigenvalue weighted by Crippen LogP contribution is 2.27. The second-order valence-electron chi connectivity index (χ2n) is 2.83. The van der Waals surface area contributed by atoms with Crippen LogP contribution >= 0.6 is 0 Å². The lowest BCUT2D eigenvalue weighted by Gasteiger charge is -2.14. The van der Waals surface area contributed by atoms with E-state index in [1.165, 1.54) is 26.4 Å². The van der Waals surface area contributed by atoms with Crippen LogP contribution in [0.15, 0.2) is 18.2 Å². The molecule has 0 amide bonds. The summed E-state index contributed by atoms with van der Waals surface area (Å²) in [5, 5.41) is 9.57. The van der Waals surface area contributed by atoms with Gasteiger partial charge in [0.15, 0.2) is 0 Å². The number of methoxy groups -OCH3 is 2. The monoisotopic (exact) mass is 200 g/mol. The van der Waals surface area contributed by atoms with E-state index in [1.54, 1.807) is 6.07 Å². The van der Waals surface area contributed by atoms with E-state index in [0.29, 0.717) is 5.75 Å². The number of ether oxygens (including phenoxy) is 2. The zero-order valence-electron chi connectivity index (χ0n) is 8.16. The number of hydrogen-bond acceptors (Lipinski definition) is 3. The fourth-order valence-electron chi connectivity index (χ4n) is 1.26. The molecule has 0 fully saturated rings. The molecule has 0 spiro atoms. The maximum absolute atomic E-state index is 13.3. The van der Waals surface area contributed by atoms with Gasteiger partial charge in [0.05, 0.1) is 19.3 Å². The zero-order valence-corrected chi connectivity index (χ0v) is 8.16. The van der Waals surface area contributed by atoms with Gasteiger partial charge in [-0.05, 0) is 12.1 Å². The van der Waals surface area contributed by atoms with Crippen LogP contribution in [0.4, 0.5) is 4.39 Å². The van der Waals surface area contributed by atoms with Crippen molar-refractivity contribution >= 4 is 0 Å². The zero-order chi connectivity index (χ0) is 10.6. The van der Waals surface area contributed by atoms with Crippen LogP contribution in [0.25, 0.3) is 0 Å². The van der Waals surface area contributed by atoms with Gasteiger partial charge >= 0.3 is 0 Å². The number of hydrogen-bond donors (Lipinski definition) is 1. The summed E-state index contributed by atoms with van der Waals surface area (Å²) in [6.45, 7) is 0.0390. The lowest BCUT2D eigenvalue weighted by molar-refractivity contribution is 0.0604. The van der Waals surface area contributed by atoms with Crippen LogP contribution in [0, 0.1) is 5.82 Å². The average Bonchev–Trinajstić information content (AvgIpc) is 2.17. The first-order valence-corrected chi connectivity index (χ1v) is 4.20. The molecule has 3 nitrogen and oxygen atoms in total. The van der Waals surface area contributed by atoms with Crippen molar-refractivity contribution in [1.82, 2.24) is 0 Å². The van der Waals surface area contributed by atoms with Crippen molar-refractivity contribution in [1.29, 1.82) is 0 Å². The standard InChI is InChI=1S/C10H13FO3/c1-13-6-8(12)10-7(11)4-3-5-9(10)14-2/h3-5,8,12H,6H2,1-2H3. The Morgan fingerprint density at radius 3 is 2.71 bits per heavy atom. The second kappa shape index (κ2) is 4.93. The quantitative estimate of drug-likeness (QED) is 0.800. The number of halogens is 1. The van der Waals surface area contributed by atoms with Crippen molar-refractivity contribution in [3.8, 4) is 5.75 Å². The first-order valence-electron chi connectivity index (χ1n) is 4.20. The molecule has 0 saturated carbocycles.